The Morgan fingerprint density at radius 2 is 1.94 bits per heavy atom. The van der Waals surface area contributed by atoms with Gasteiger partial charge in [0.25, 0.3) is 5.56 Å². The molecule has 0 unspecified atom stereocenters. The van der Waals surface area contributed by atoms with E-state index in [1.165, 1.54) is 0 Å². The van der Waals surface area contributed by atoms with Gasteiger partial charge in [-0.3, -0.25) is 4.79 Å². The highest BCUT2D eigenvalue weighted by Crippen LogP contribution is 2.25. The van der Waals surface area contributed by atoms with E-state index in [1.807, 2.05) is 25.1 Å². The molecule has 0 amide bonds. The molecule has 0 radical (unpaired) electrons. The molecular formula is C16H13NO. The van der Waals surface area contributed by atoms with Crippen LogP contribution in [0.5, 0.6) is 0 Å². The van der Waals surface area contributed by atoms with Crippen molar-refractivity contribution in [3.05, 3.63) is 64.6 Å². The van der Waals surface area contributed by atoms with E-state index in [2.05, 4.69) is 23.7 Å². The summed E-state index contributed by atoms with van der Waals surface area (Å²) in [6.45, 7) is 5.82. The number of aryl methyl sites for hydroxylation is 1. The maximum atomic E-state index is 12.1. The predicted octanol–water partition coefficient (Wildman–Crippen LogP) is 3.63. The summed E-state index contributed by atoms with van der Waals surface area (Å²) in [4.78, 5) is 14.9. The Labute approximate surface area is 105 Å². The fraction of sp³-hybridized carbons (Fsp3) is 0.0625. The smallest absolute Gasteiger partial charge is 0.256 e. The maximum absolute atomic E-state index is 12.1. The molecule has 2 nitrogen and oxygen atoms in total. The summed E-state index contributed by atoms with van der Waals surface area (Å²) < 4.78 is 0. The number of fused-ring (bicyclic) bond motifs is 3. The van der Waals surface area contributed by atoms with Gasteiger partial charge in [-0.15, -0.1) is 0 Å². The van der Waals surface area contributed by atoms with Crippen LogP contribution in [-0.4, -0.2) is 4.98 Å². The quantitative estimate of drug-likeness (QED) is 0.642. The highest BCUT2D eigenvalue weighted by molar-refractivity contribution is 6.09. The van der Waals surface area contributed by atoms with Crippen LogP contribution in [0, 0.1) is 6.92 Å². The summed E-state index contributed by atoms with van der Waals surface area (Å²) in [5, 5.41) is 3.78. The van der Waals surface area contributed by atoms with E-state index in [1.54, 1.807) is 12.3 Å². The SMILES string of the molecule is C=Cc1c[nH]c(=O)c2c1ccc1ccc(C)cc12. The second-order valence-corrected chi connectivity index (χ2v) is 4.49. The normalized spacial score (nSPS) is 10.9. The Hall–Kier alpha value is -2.35. The van der Waals surface area contributed by atoms with Crippen LogP contribution >= 0.6 is 0 Å². The summed E-state index contributed by atoms with van der Waals surface area (Å²) >= 11 is 0. The van der Waals surface area contributed by atoms with Gasteiger partial charge in [-0.2, -0.15) is 0 Å². The van der Waals surface area contributed by atoms with E-state index in [4.69, 9.17) is 0 Å². The van der Waals surface area contributed by atoms with Gasteiger partial charge in [0.15, 0.2) is 0 Å². The van der Waals surface area contributed by atoms with Crippen molar-refractivity contribution in [3.8, 4) is 0 Å². The highest BCUT2D eigenvalue weighted by Gasteiger charge is 2.07. The van der Waals surface area contributed by atoms with Crippen LogP contribution in [0.15, 0.2) is 47.9 Å². The highest BCUT2D eigenvalue weighted by atomic mass is 16.1. The van der Waals surface area contributed by atoms with E-state index >= 15 is 0 Å². The molecule has 0 aliphatic heterocycles. The van der Waals surface area contributed by atoms with Crippen molar-refractivity contribution in [1.29, 1.82) is 0 Å². The summed E-state index contributed by atoms with van der Waals surface area (Å²) in [5.74, 6) is 0. The zero-order valence-corrected chi connectivity index (χ0v) is 10.2. The summed E-state index contributed by atoms with van der Waals surface area (Å²) in [6, 6.07) is 10.2. The molecule has 1 aromatic heterocycles. The van der Waals surface area contributed by atoms with E-state index < -0.39 is 0 Å². The third kappa shape index (κ3) is 1.46. The first kappa shape index (κ1) is 10.8. The first-order valence-electron chi connectivity index (χ1n) is 5.88. The minimum absolute atomic E-state index is 0.0493. The molecule has 2 heteroatoms. The maximum Gasteiger partial charge on any atom is 0.256 e. The number of rotatable bonds is 1. The molecule has 3 rings (SSSR count). The van der Waals surface area contributed by atoms with Gasteiger partial charge in [0.2, 0.25) is 0 Å². The Kier molecular flexibility index (Phi) is 2.30. The van der Waals surface area contributed by atoms with Crippen molar-refractivity contribution < 1.29 is 0 Å². The minimum atomic E-state index is -0.0493. The van der Waals surface area contributed by atoms with Gasteiger partial charge >= 0.3 is 0 Å². The number of benzene rings is 2. The Morgan fingerprint density at radius 3 is 2.72 bits per heavy atom. The lowest BCUT2D eigenvalue weighted by Crippen LogP contribution is -2.06. The number of aromatic nitrogens is 1. The van der Waals surface area contributed by atoms with Crippen LogP contribution in [0.3, 0.4) is 0 Å². The molecule has 88 valence electrons. The molecule has 0 aliphatic carbocycles. The topological polar surface area (TPSA) is 32.9 Å². The number of H-pyrrole nitrogens is 1. The van der Waals surface area contributed by atoms with Gasteiger partial charge < -0.3 is 4.98 Å². The lowest BCUT2D eigenvalue weighted by atomic mass is 9.99. The summed E-state index contributed by atoms with van der Waals surface area (Å²) in [7, 11) is 0. The number of hydrogen-bond acceptors (Lipinski definition) is 1. The van der Waals surface area contributed by atoms with Crippen molar-refractivity contribution >= 4 is 27.6 Å². The molecule has 0 atom stereocenters. The molecule has 0 fully saturated rings. The van der Waals surface area contributed by atoms with Crippen molar-refractivity contribution in [3.63, 3.8) is 0 Å². The van der Waals surface area contributed by atoms with Gasteiger partial charge in [0, 0.05) is 6.20 Å². The van der Waals surface area contributed by atoms with Crippen molar-refractivity contribution in [2.45, 2.75) is 6.92 Å². The monoisotopic (exact) mass is 235 g/mol. The molecule has 2 aromatic carbocycles. The largest absolute Gasteiger partial charge is 0.328 e. The van der Waals surface area contributed by atoms with Crippen LogP contribution in [0.4, 0.5) is 0 Å². The number of nitrogens with one attached hydrogen (secondary N) is 1. The van der Waals surface area contributed by atoms with Crippen LogP contribution in [0.1, 0.15) is 11.1 Å². The molecule has 0 spiro atoms. The lowest BCUT2D eigenvalue weighted by Gasteiger charge is -2.06. The Balaban J connectivity index is 2.65. The second kappa shape index (κ2) is 3.84. The molecule has 0 aliphatic rings. The third-order valence-corrected chi connectivity index (χ3v) is 3.29. The van der Waals surface area contributed by atoms with Gasteiger partial charge in [-0.05, 0) is 28.6 Å². The van der Waals surface area contributed by atoms with E-state index in [-0.39, 0.29) is 5.56 Å². The molecule has 3 aromatic rings. The van der Waals surface area contributed by atoms with Crippen LogP contribution in [0.2, 0.25) is 0 Å². The van der Waals surface area contributed by atoms with Crippen molar-refractivity contribution in [2.24, 2.45) is 0 Å². The van der Waals surface area contributed by atoms with E-state index in [0.29, 0.717) is 0 Å². The first-order chi connectivity index (χ1) is 8.70. The molecular weight excluding hydrogens is 222 g/mol. The zero-order chi connectivity index (χ0) is 12.7. The average molecular weight is 235 g/mol. The molecule has 1 heterocycles. The molecule has 0 saturated carbocycles. The van der Waals surface area contributed by atoms with E-state index in [0.717, 1.165) is 32.7 Å². The van der Waals surface area contributed by atoms with Crippen LogP contribution in [0.25, 0.3) is 27.6 Å². The van der Waals surface area contributed by atoms with Crippen molar-refractivity contribution in [1.82, 2.24) is 4.98 Å². The van der Waals surface area contributed by atoms with Crippen LogP contribution in [-0.2, 0) is 0 Å². The zero-order valence-electron chi connectivity index (χ0n) is 10.2. The predicted molar refractivity (Wildman–Crippen MR) is 76.9 cm³/mol. The fourth-order valence-corrected chi connectivity index (χ4v) is 2.38. The Bertz CT molecular complexity index is 827. The molecule has 18 heavy (non-hydrogen) atoms. The van der Waals surface area contributed by atoms with Crippen molar-refractivity contribution in [2.75, 3.05) is 0 Å². The molecule has 0 bridgehead atoms. The molecule has 0 saturated heterocycles. The summed E-state index contributed by atoms with van der Waals surface area (Å²) in [5.41, 5.74) is 2.05. The summed E-state index contributed by atoms with van der Waals surface area (Å²) in [6.07, 6.45) is 3.47. The van der Waals surface area contributed by atoms with Gasteiger partial charge in [0.05, 0.1) is 5.39 Å². The van der Waals surface area contributed by atoms with Crippen LogP contribution < -0.4 is 5.56 Å². The van der Waals surface area contributed by atoms with Gasteiger partial charge in [-0.1, -0.05) is 48.6 Å². The second-order valence-electron chi connectivity index (χ2n) is 4.49. The van der Waals surface area contributed by atoms with Gasteiger partial charge in [-0.25, -0.2) is 0 Å². The number of hydrogen-bond donors (Lipinski definition) is 1. The average Bonchev–Trinajstić information content (AvgIpc) is 2.38. The lowest BCUT2D eigenvalue weighted by molar-refractivity contribution is 1.27. The standard InChI is InChI=1S/C16H13NO/c1-3-11-9-17-16(18)15-13(11)7-6-12-5-4-10(2)8-14(12)15/h3-9H,1H2,2H3,(H,17,18). The minimum Gasteiger partial charge on any atom is -0.328 e. The fourth-order valence-electron chi connectivity index (χ4n) is 2.38. The van der Waals surface area contributed by atoms with Gasteiger partial charge in [0.1, 0.15) is 0 Å². The Morgan fingerprint density at radius 1 is 1.17 bits per heavy atom. The number of aromatic amines is 1. The number of pyridine rings is 1. The van der Waals surface area contributed by atoms with E-state index in [9.17, 15) is 4.79 Å². The third-order valence-electron chi connectivity index (χ3n) is 3.29. The molecule has 1 N–H and O–H groups in total. The first-order valence-corrected chi connectivity index (χ1v) is 5.88.